The van der Waals surface area contributed by atoms with Crippen molar-refractivity contribution in [1.82, 2.24) is 30.1 Å². The molecule has 2 N–H and O–H groups in total. The summed E-state index contributed by atoms with van der Waals surface area (Å²) < 4.78 is 0. The summed E-state index contributed by atoms with van der Waals surface area (Å²) in [6, 6.07) is 7.42. The first-order valence-corrected chi connectivity index (χ1v) is 7.49. The van der Waals surface area contributed by atoms with Crippen molar-refractivity contribution in [2.45, 2.75) is 19.5 Å². The van der Waals surface area contributed by atoms with Crippen molar-refractivity contribution in [2.24, 2.45) is 0 Å². The largest absolute Gasteiger partial charge is 0.476 e. The van der Waals surface area contributed by atoms with Gasteiger partial charge < -0.3 is 10.0 Å². The van der Waals surface area contributed by atoms with Crippen molar-refractivity contribution in [3.8, 4) is 0 Å². The van der Waals surface area contributed by atoms with E-state index in [1.54, 1.807) is 4.90 Å². The molecule has 1 aliphatic rings. The molecule has 0 saturated heterocycles. The molecule has 3 aromatic rings. The number of carboxylic acid groups (broad SMARTS) is 1. The predicted octanol–water partition coefficient (Wildman–Crippen LogP) is 0.437. The number of benzene rings is 1. The number of rotatable bonds is 3. The van der Waals surface area contributed by atoms with Crippen LogP contribution in [0.1, 0.15) is 21.7 Å². The van der Waals surface area contributed by atoms with E-state index in [1.165, 1.54) is 4.80 Å². The molecule has 24 heavy (non-hydrogen) atoms. The van der Waals surface area contributed by atoms with Gasteiger partial charge in [0.25, 0.3) is 0 Å². The third kappa shape index (κ3) is 2.39. The van der Waals surface area contributed by atoms with Crippen molar-refractivity contribution in [3.63, 3.8) is 0 Å². The lowest BCUT2D eigenvalue weighted by Gasteiger charge is -2.26. The van der Waals surface area contributed by atoms with Gasteiger partial charge in [-0.1, -0.05) is 12.1 Å². The van der Waals surface area contributed by atoms with E-state index in [2.05, 4.69) is 20.4 Å². The number of fused-ring (bicyclic) bond motifs is 2. The maximum Gasteiger partial charge on any atom is 0.356 e. The number of hydrogen-bond acceptors (Lipinski definition) is 5. The highest BCUT2D eigenvalue weighted by Gasteiger charge is 2.27. The van der Waals surface area contributed by atoms with Crippen LogP contribution >= 0.6 is 0 Å². The molecule has 3 heterocycles. The van der Waals surface area contributed by atoms with Crippen LogP contribution in [-0.2, 0) is 24.3 Å². The monoisotopic (exact) mass is 326 g/mol. The zero-order valence-electron chi connectivity index (χ0n) is 12.6. The molecule has 4 rings (SSSR count). The summed E-state index contributed by atoms with van der Waals surface area (Å²) in [6.07, 6.45) is 0.466. The first-order chi connectivity index (χ1) is 11.6. The summed E-state index contributed by atoms with van der Waals surface area (Å²) >= 11 is 0. The number of hydrogen-bond donors (Lipinski definition) is 2. The minimum absolute atomic E-state index is 0.0390. The summed E-state index contributed by atoms with van der Waals surface area (Å²) in [6.45, 7) is 0.811. The molecule has 122 valence electrons. The molecule has 0 unspecified atom stereocenters. The van der Waals surface area contributed by atoms with Crippen LogP contribution in [0.3, 0.4) is 0 Å². The lowest BCUT2D eigenvalue weighted by atomic mass is 10.0. The van der Waals surface area contributed by atoms with E-state index >= 15 is 0 Å². The Morgan fingerprint density at radius 2 is 1.92 bits per heavy atom. The van der Waals surface area contributed by atoms with Gasteiger partial charge in [0.1, 0.15) is 17.6 Å². The van der Waals surface area contributed by atoms with Crippen LogP contribution in [0.4, 0.5) is 0 Å². The van der Waals surface area contributed by atoms with Gasteiger partial charge in [0, 0.05) is 12.1 Å². The van der Waals surface area contributed by atoms with E-state index in [-0.39, 0.29) is 18.1 Å². The average Bonchev–Trinajstić information content (AvgIpc) is 3.17. The van der Waals surface area contributed by atoms with Gasteiger partial charge >= 0.3 is 5.97 Å². The maximum absolute atomic E-state index is 12.5. The van der Waals surface area contributed by atoms with E-state index in [1.807, 2.05) is 24.3 Å². The lowest BCUT2D eigenvalue weighted by molar-refractivity contribution is -0.133. The van der Waals surface area contributed by atoms with Crippen molar-refractivity contribution < 1.29 is 14.7 Å². The highest BCUT2D eigenvalue weighted by molar-refractivity contribution is 5.87. The third-order valence-electron chi connectivity index (χ3n) is 4.09. The number of nitrogens with zero attached hydrogens (tertiary/aromatic N) is 5. The molecule has 1 amide bonds. The van der Waals surface area contributed by atoms with Gasteiger partial charge in [0.2, 0.25) is 5.91 Å². The number of carbonyl (C=O) groups is 2. The smallest absolute Gasteiger partial charge is 0.356 e. The van der Waals surface area contributed by atoms with Crippen LogP contribution in [0, 0.1) is 0 Å². The Morgan fingerprint density at radius 3 is 2.58 bits per heavy atom. The molecule has 9 nitrogen and oxygen atoms in total. The average molecular weight is 326 g/mol. The molecule has 9 heteroatoms. The fourth-order valence-corrected chi connectivity index (χ4v) is 2.90. The Bertz CT molecular complexity index is 911. The molecular formula is C15H14N6O3. The number of aromatic amines is 1. The standard InChI is InChI=1S/C15H14N6O3/c22-13(8-21-18-10-3-1-2-4-11(10)19-21)20-6-5-9-12(7-20)16-17-14(9)15(23)24/h1-4H,5-8H2,(H,16,17)(H,23,24). The predicted molar refractivity (Wildman–Crippen MR) is 82.2 cm³/mol. The van der Waals surface area contributed by atoms with Gasteiger partial charge in [-0.2, -0.15) is 20.1 Å². The Kier molecular flexibility index (Phi) is 3.26. The van der Waals surface area contributed by atoms with Crippen LogP contribution in [0.15, 0.2) is 24.3 Å². The summed E-state index contributed by atoms with van der Waals surface area (Å²) in [5.41, 5.74) is 2.87. The van der Waals surface area contributed by atoms with Crippen LogP contribution in [0.25, 0.3) is 11.0 Å². The molecular weight excluding hydrogens is 312 g/mol. The second-order valence-corrected chi connectivity index (χ2v) is 5.62. The van der Waals surface area contributed by atoms with Crippen LogP contribution in [0.2, 0.25) is 0 Å². The number of aromatic nitrogens is 5. The van der Waals surface area contributed by atoms with E-state index in [9.17, 15) is 9.59 Å². The summed E-state index contributed by atoms with van der Waals surface area (Å²) in [4.78, 5) is 26.6. The Balaban J connectivity index is 1.50. The summed E-state index contributed by atoms with van der Waals surface area (Å²) in [7, 11) is 0. The van der Waals surface area contributed by atoms with Crippen molar-refractivity contribution in [2.75, 3.05) is 6.54 Å². The topological polar surface area (TPSA) is 117 Å². The first-order valence-electron chi connectivity index (χ1n) is 7.49. The Labute approximate surface area is 135 Å². The van der Waals surface area contributed by atoms with Gasteiger partial charge in [-0.15, -0.1) is 0 Å². The molecule has 0 radical (unpaired) electrons. The van der Waals surface area contributed by atoms with Gasteiger partial charge in [0.05, 0.1) is 12.2 Å². The van der Waals surface area contributed by atoms with Gasteiger partial charge in [-0.3, -0.25) is 9.89 Å². The second-order valence-electron chi connectivity index (χ2n) is 5.62. The minimum Gasteiger partial charge on any atom is -0.476 e. The number of aromatic carboxylic acids is 1. The maximum atomic E-state index is 12.5. The van der Waals surface area contributed by atoms with Gasteiger partial charge in [-0.25, -0.2) is 4.79 Å². The lowest BCUT2D eigenvalue weighted by Crippen LogP contribution is -2.38. The van der Waals surface area contributed by atoms with E-state index < -0.39 is 5.97 Å². The number of carboxylic acids is 1. The van der Waals surface area contributed by atoms with Crippen molar-refractivity contribution in [1.29, 1.82) is 0 Å². The Morgan fingerprint density at radius 1 is 1.21 bits per heavy atom. The molecule has 1 aromatic carbocycles. The molecule has 0 aliphatic carbocycles. The molecule has 1 aliphatic heterocycles. The van der Waals surface area contributed by atoms with Crippen LogP contribution in [-0.4, -0.2) is 53.6 Å². The van der Waals surface area contributed by atoms with Crippen LogP contribution in [0.5, 0.6) is 0 Å². The first kappa shape index (κ1) is 14.4. The zero-order valence-corrected chi connectivity index (χ0v) is 12.6. The van der Waals surface area contributed by atoms with Gasteiger partial charge in [-0.05, 0) is 18.6 Å². The highest BCUT2D eigenvalue weighted by atomic mass is 16.4. The highest BCUT2D eigenvalue weighted by Crippen LogP contribution is 2.20. The molecule has 0 fully saturated rings. The van der Waals surface area contributed by atoms with Gasteiger partial charge in [0.15, 0.2) is 5.69 Å². The summed E-state index contributed by atoms with van der Waals surface area (Å²) in [5.74, 6) is -1.17. The minimum atomic E-state index is -1.06. The van der Waals surface area contributed by atoms with E-state index in [0.717, 1.165) is 11.0 Å². The number of nitrogens with one attached hydrogen (secondary N) is 1. The summed E-state index contributed by atoms with van der Waals surface area (Å²) in [5, 5.41) is 24.2. The fraction of sp³-hybridized carbons (Fsp3) is 0.267. The number of H-pyrrole nitrogens is 1. The molecule has 2 aromatic heterocycles. The third-order valence-corrected chi connectivity index (χ3v) is 4.09. The van der Waals surface area contributed by atoms with E-state index in [4.69, 9.17) is 5.11 Å². The van der Waals surface area contributed by atoms with Crippen molar-refractivity contribution in [3.05, 3.63) is 41.2 Å². The number of carbonyl (C=O) groups excluding carboxylic acids is 1. The normalized spacial score (nSPS) is 13.9. The van der Waals surface area contributed by atoms with E-state index in [0.29, 0.717) is 30.8 Å². The zero-order chi connectivity index (χ0) is 16.7. The Hall–Kier alpha value is -3.23. The fourth-order valence-electron chi connectivity index (χ4n) is 2.90. The van der Waals surface area contributed by atoms with Crippen LogP contribution < -0.4 is 0 Å². The molecule has 0 atom stereocenters. The quantitative estimate of drug-likeness (QED) is 0.721. The molecule has 0 saturated carbocycles. The SMILES string of the molecule is O=C(O)c1n[nH]c2c1CCN(C(=O)Cn1nc3ccccc3n1)C2. The van der Waals surface area contributed by atoms with Crippen molar-refractivity contribution >= 4 is 22.9 Å². The second kappa shape index (κ2) is 5.44. The number of amides is 1. The molecule has 0 spiro atoms. The molecule has 0 bridgehead atoms.